The highest BCUT2D eigenvalue weighted by atomic mass is 16.4. The highest BCUT2D eigenvalue weighted by molar-refractivity contribution is 5.94. The molecule has 100 valence electrons. The Kier molecular flexibility index (Phi) is 4.00. The lowest BCUT2D eigenvalue weighted by molar-refractivity contribution is -0.141. The molecular formula is C15H17NO3. The van der Waals surface area contributed by atoms with Gasteiger partial charge in [-0.3, -0.25) is 4.79 Å². The molecule has 2 N–H and O–H groups in total. The largest absolute Gasteiger partial charge is 0.480 e. The van der Waals surface area contributed by atoms with E-state index in [4.69, 9.17) is 5.11 Å². The molecule has 1 aromatic carbocycles. The van der Waals surface area contributed by atoms with Crippen molar-refractivity contribution < 1.29 is 14.7 Å². The van der Waals surface area contributed by atoms with E-state index in [2.05, 4.69) is 5.32 Å². The molecule has 1 unspecified atom stereocenters. The van der Waals surface area contributed by atoms with E-state index in [1.807, 2.05) is 31.2 Å². The molecule has 1 aliphatic rings. The fraction of sp³-hybridized carbons (Fsp3) is 0.333. The third kappa shape index (κ3) is 3.95. The van der Waals surface area contributed by atoms with Crippen LogP contribution in [0.4, 0.5) is 0 Å². The minimum atomic E-state index is -0.959. The second-order valence-corrected chi connectivity index (χ2v) is 4.91. The van der Waals surface area contributed by atoms with Gasteiger partial charge in [-0.1, -0.05) is 29.8 Å². The number of carbonyl (C=O) groups excluding carboxylic acids is 1. The van der Waals surface area contributed by atoms with Gasteiger partial charge in [0.05, 0.1) is 0 Å². The van der Waals surface area contributed by atoms with E-state index in [1.54, 1.807) is 6.08 Å². The van der Waals surface area contributed by atoms with Gasteiger partial charge in [-0.15, -0.1) is 0 Å². The van der Waals surface area contributed by atoms with Crippen LogP contribution >= 0.6 is 0 Å². The van der Waals surface area contributed by atoms with Crippen LogP contribution in [0, 0.1) is 12.8 Å². The van der Waals surface area contributed by atoms with Crippen LogP contribution in [-0.2, 0) is 9.59 Å². The van der Waals surface area contributed by atoms with Gasteiger partial charge in [0.2, 0.25) is 5.91 Å². The fourth-order valence-electron chi connectivity index (χ4n) is 1.86. The molecule has 2 rings (SSSR count). The third-order valence-electron chi connectivity index (χ3n) is 3.16. The summed E-state index contributed by atoms with van der Waals surface area (Å²) in [5.74, 6) is -1.23. The van der Waals surface area contributed by atoms with Gasteiger partial charge in [-0.05, 0) is 37.3 Å². The van der Waals surface area contributed by atoms with Gasteiger partial charge in [-0.2, -0.15) is 0 Å². The predicted molar refractivity (Wildman–Crippen MR) is 72.5 cm³/mol. The third-order valence-corrected chi connectivity index (χ3v) is 3.16. The van der Waals surface area contributed by atoms with Crippen molar-refractivity contribution in [1.29, 1.82) is 0 Å². The summed E-state index contributed by atoms with van der Waals surface area (Å²) in [6, 6.07) is 6.99. The molecule has 4 nitrogen and oxygen atoms in total. The number of nitrogens with one attached hydrogen (secondary N) is 1. The summed E-state index contributed by atoms with van der Waals surface area (Å²) in [4.78, 5) is 22.7. The predicted octanol–water partition coefficient (Wildman–Crippen LogP) is 1.99. The number of carbonyl (C=O) groups is 2. The molecule has 0 spiro atoms. The monoisotopic (exact) mass is 259 g/mol. The summed E-state index contributed by atoms with van der Waals surface area (Å²) in [5.41, 5.74) is 2.07. The van der Waals surface area contributed by atoms with E-state index in [0.29, 0.717) is 0 Å². The molecule has 1 fully saturated rings. The lowest BCUT2D eigenvalue weighted by Gasteiger charge is -2.11. The summed E-state index contributed by atoms with van der Waals surface area (Å²) in [6.45, 7) is 1.99. The van der Waals surface area contributed by atoms with Gasteiger partial charge in [-0.25, -0.2) is 4.79 Å². The molecule has 0 aliphatic heterocycles. The highest BCUT2D eigenvalue weighted by Gasteiger charge is 2.36. The average Bonchev–Trinajstić information content (AvgIpc) is 3.19. The molecule has 0 heterocycles. The number of aliphatic carboxylic acids is 1. The Morgan fingerprint density at radius 2 is 1.95 bits per heavy atom. The van der Waals surface area contributed by atoms with Gasteiger partial charge in [0.25, 0.3) is 0 Å². The van der Waals surface area contributed by atoms with E-state index < -0.39 is 12.0 Å². The first-order chi connectivity index (χ1) is 9.06. The number of hydrogen-bond acceptors (Lipinski definition) is 2. The van der Waals surface area contributed by atoms with E-state index in [9.17, 15) is 9.59 Å². The molecule has 0 bridgehead atoms. The number of carboxylic acid groups (broad SMARTS) is 1. The van der Waals surface area contributed by atoms with Gasteiger partial charge < -0.3 is 10.4 Å². The molecular weight excluding hydrogens is 242 g/mol. The Bertz CT molecular complexity index is 501. The number of hydrogen-bond donors (Lipinski definition) is 2. The van der Waals surface area contributed by atoms with E-state index >= 15 is 0 Å². The highest BCUT2D eigenvalue weighted by Crippen LogP contribution is 2.32. The Hall–Kier alpha value is -2.10. The SMILES string of the molecule is Cc1ccc(C=CC(=O)NC(C(=O)O)C2CC2)cc1. The maximum absolute atomic E-state index is 11.7. The Labute approximate surface area is 112 Å². The first kappa shape index (κ1) is 13.3. The van der Waals surface area contributed by atoms with Crippen molar-refractivity contribution in [3.63, 3.8) is 0 Å². The summed E-state index contributed by atoms with van der Waals surface area (Å²) < 4.78 is 0. The molecule has 1 aromatic rings. The van der Waals surface area contributed by atoms with Crippen LogP contribution in [0.5, 0.6) is 0 Å². The maximum Gasteiger partial charge on any atom is 0.326 e. The quantitative estimate of drug-likeness (QED) is 0.795. The zero-order valence-electron chi connectivity index (χ0n) is 10.8. The molecule has 0 aromatic heterocycles. The topological polar surface area (TPSA) is 66.4 Å². The number of aryl methyl sites for hydroxylation is 1. The molecule has 0 saturated heterocycles. The molecule has 1 atom stereocenters. The summed E-state index contributed by atoms with van der Waals surface area (Å²) in [6.07, 6.45) is 4.81. The van der Waals surface area contributed by atoms with Crippen LogP contribution in [0.1, 0.15) is 24.0 Å². The fourth-order valence-corrected chi connectivity index (χ4v) is 1.86. The second kappa shape index (κ2) is 5.69. The minimum absolute atomic E-state index is 0.0919. The second-order valence-electron chi connectivity index (χ2n) is 4.91. The van der Waals surface area contributed by atoms with Crippen molar-refractivity contribution in [3.05, 3.63) is 41.5 Å². The Balaban J connectivity index is 1.93. The van der Waals surface area contributed by atoms with Crippen LogP contribution in [0.25, 0.3) is 6.08 Å². The molecule has 19 heavy (non-hydrogen) atoms. The Morgan fingerprint density at radius 3 is 2.47 bits per heavy atom. The van der Waals surface area contributed by atoms with Crippen molar-refractivity contribution in [2.24, 2.45) is 5.92 Å². The van der Waals surface area contributed by atoms with Crippen molar-refractivity contribution in [2.75, 3.05) is 0 Å². The number of rotatable bonds is 5. The average molecular weight is 259 g/mol. The zero-order valence-corrected chi connectivity index (χ0v) is 10.8. The van der Waals surface area contributed by atoms with Crippen molar-refractivity contribution in [2.45, 2.75) is 25.8 Å². The van der Waals surface area contributed by atoms with Gasteiger partial charge in [0.1, 0.15) is 6.04 Å². The van der Waals surface area contributed by atoms with Crippen LogP contribution < -0.4 is 5.32 Å². The first-order valence-corrected chi connectivity index (χ1v) is 6.34. The Morgan fingerprint density at radius 1 is 1.32 bits per heavy atom. The van der Waals surface area contributed by atoms with E-state index in [0.717, 1.165) is 24.0 Å². The molecule has 1 aliphatic carbocycles. The molecule has 1 saturated carbocycles. The van der Waals surface area contributed by atoms with Crippen molar-refractivity contribution in [1.82, 2.24) is 5.32 Å². The van der Waals surface area contributed by atoms with E-state index in [-0.39, 0.29) is 11.8 Å². The summed E-state index contributed by atoms with van der Waals surface area (Å²) in [7, 11) is 0. The number of amides is 1. The first-order valence-electron chi connectivity index (χ1n) is 6.34. The molecule has 4 heteroatoms. The maximum atomic E-state index is 11.7. The summed E-state index contributed by atoms with van der Waals surface area (Å²) >= 11 is 0. The number of benzene rings is 1. The zero-order chi connectivity index (χ0) is 13.8. The number of carboxylic acids is 1. The standard InChI is InChI=1S/C15H17NO3/c1-10-2-4-11(5-3-10)6-9-13(17)16-14(15(18)19)12-7-8-12/h2-6,9,12,14H,7-8H2,1H3,(H,16,17)(H,18,19). The lowest BCUT2D eigenvalue weighted by atomic mass is 10.1. The van der Waals surface area contributed by atoms with Crippen LogP contribution in [-0.4, -0.2) is 23.0 Å². The van der Waals surface area contributed by atoms with Crippen LogP contribution in [0.2, 0.25) is 0 Å². The van der Waals surface area contributed by atoms with Crippen molar-refractivity contribution >= 4 is 18.0 Å². The van der Waals surface area contributed by atoms with Gasteiger partial charge in [0, 0.05) is 6.08 Å². The van der Waals surface area contributed by atoms with Crippen molar-refractivity contribution in [3.8, 4) is 0 Å². The molecule has 0 radical (unpaired) electrons. The van der Waals surface area contributed by atoms with Crippen LogP contribution in [0.3, 0.4) is 0 Å². The summed E-state index contributed by atoms with van der Waals surface area (Å²) in [5, 5.41) is 11.5. The smallest absolute Gasteiger partial charge is 0.326 e. The van der Waals surface area contributed by atoms with Gasteiger partial charge in [0.15, 0.2) is 0 Å². The molecule has 1 amide bonds. The lowest BCUT2D eigenvalue weighted by Crippen LogP contribution is -2.41. The van der Waals surface area contributed by atoms with Gasteiger partial charge >= 0.3 is 5.97 Å². The normalized spacial score (nSPS) is 16.3. The minimum Gasteiger partial charge on any atom is -0.480 e. The van der Waals surface area contributed by atoms with E-state index in [1.165, 1.54) is 6.08 Å². The van der Waals surface area contributed by atoms with Crippen LogP contribution in [0.15, 0.2) is 30.3 Å².